The molecule has 0 radical (unpaired) electrons. The molecule has 0 aliphatic heterocycles. The Kier molecular flexibility index (Phi) is 10.2. The maximum atomic E-state index is 11.3. The molecular weight excluding hydrogens is 178 g/mol. The van der Waals surface area contributed by atoms with Crippen LogP contribution in [0.4, 0.5) is 0 Å². The lowest BCUT2D eigenvalue weighted by molar-refractivity contribution is -0.151. The summed E-state index contributed by atoms with van der Waals surface area (Å²) in [6.07, 6.45) is -0.0351. The molecule has 0 rings (SSSR count). The van der Waals surface area contributed by atoms with Gasteiger partial charge in [-0.05, 0) is 26.8 Å². The number of esters is 1. The van der Waals surface area contributed by atoms with Crippen LogP contribution in [0.15, 0.2) is 0 Å². The van der Waals surface area contributed by atoms with Crippen LogP contribution in [-0.4, -0.2) is 25.2 Å². The number of likely N-dealkylation sites (N-methyl/N-ethyl adjacent to an activating group) is 1. The van der Waals surface area contributed by atoms with Gasteiger partial charge in [-0.15, -0.1) is 0 Å². The highest BCUT2D eigenvalue weighted by Crippen LogP contribution is 2.04. The molecule has 0 saturated heterocycles. The van der Waals surface area contributed by atoms with Gasteiger partial charge in [0, 0.05) is 0 Å². The third kappa shape index (κ3) is 6.89. The zero-order valence-corrected chi connectivity index (χ0v) is 10.5. The van der Waals surface area contributed by atoms with E-state index >= 15 is 0 Å². The molecule has 1 N–H and O–H groups in total. The van der Waals surface area contributed by atoms with Crippen molar-refractivity contribution < 1.29 is 9.53 Å². The zero-order chi connectivity index (χ0) is 11.7. The Labute approximate surface area is 88.2 Å². The lowest BCUT2D eigenvalue weighted by atomic mass is 10.1. The van der Waals surface area contributed by atoms with Crippen LogP contribution < -0.4 is 5.32 Å². The number of carbonyl (C=O) groups is 1. The zero-order valence-electron chi connectivity index (χ0n) is 10.5. The van der Waals surface area contributed by atoms with Crippen molar-refractivity contribution in [2.45, 2.75) is 53.7 Å². The van der Waals surface area contributed by atoms with Gasteiger partial charge in [-0.1, -0.05) is 27.7 Å². The molecule has 86 valence electrons. The van der Waals surface area contributed by atoms with Gasteiger partial charge < -0.3 is 10.1 Å². The Hall–Kier alpha value is -0.570. The van der Waals surface area contributed by atoms with Crippen molar-refractivity contribution in [3.63, 3.8) is 0 Å². The van der Waals surface area contributed by atoms with Crippen LogP contribution in [0.1, 0.15) is 41.5 Å². The second-order valence-corrected chi connectivity index (χ2v) is 3.50. The fourth-order valence-corrected chi connectivity index (χ4v) is 1.03. The molecule has 0 aliphatic rings. The van der Waals surface area contributed by atoms with Crippen LogP contribution in [0.2, 0.25) is 0 Å². The molecule has 0 aliphatic carbocycles. The summed E-state index contributed by atoms with van der Waals surface area (Å²) in [6, 6.07) is -0.188. The van der Waals surface area contributed by atoms with E-state index in [1.807, 2.05) is 41.5 Å². The molecule has 0 bridgehead atoms. The molecule has 3 nitrogen and oxygen atoms in total. The van der Waals surface area contributed by atoms with E-state index in [-0.39, 0.29) is 24.0 Å². The summed E-state index contributed by atoms with van der Waals surface area (Å²) in [4.78, 5) is 11.3. The summed E-state index contributed by atoms with van der Waals surface area (Å²) in [5.41, 5.74) is 0. The average Bonchev–Trinajstić information content (AvgIpc) is 2.06. The minimum absolute atomic E-state index is 0.0351. The number of nitrogens with one attached hydrogen (secondary N) is 1. The Morgan fingerprint density at radius 2 is 1.57 bits per heavy atom. The van der Waals surface area contributed by atoms with E-state index in [2.05, 4.69) is 5.32 Å². The number of carbonyl (C=O) groups excluding carboxylic acids is 1. The van der Waals surface area contributed by atoms with E-state index in [0.29, 0.717) is 0 Å². The molecule has 0 aromatic heterocycles. The molecule has 0 amide bonds. The molecule has 3 heteroatoms. The van der Waals surface area contributed by atoms with Gasteiger partial charge in [-0.3, -0.25) is 4.79 Å². The maximum absolute atomic E-state index is 11.3. The van der Waals surface area contributed by atoms with Crippen LogP contribution in [0, 0.1) is 5.92 Å². The van der Waals surface area contributed by atoms with Gasteiger partial charge in [0.1, 0.15) is 6.04 Å². The van der Waals surface area contributed by atoms with Crippen LogP contribution in [0.25, 0.3) is 0 Å². The Morgan fingerprint density at radius 1 is 1.14 bits per heavy atom. The minimum atomic E-state index is -0.188. The first-order valence-corrected chi connectivity index (χ1v) is 5.36. The highest BCUT2D eigenvalue weighted by Gasteiger charge is 2.21. The number of hydrogen-bond donors (Lipinski definition) is 1. The third-order valence-electron chi connectivity index (χ3n) is 1.58. The summed E-state index contributed by atoms with van der Waals surface area (Å²) in [5, 5.41) is 2.93. The number of rotatable bonds is 4. The SMILES string of the molecule is CC.CNC(C(=O)OC(C)C)C(C)C. The molecular formula is C11H25NO2. The van der Waals surface area contributed by atoms with Crippen LogP contribution in [-0.2, 0) is 9.53 Å². The normalized spacial score (nSPS) is 12.1. The summed E-state index contributed by atoms with van der Waals surface area (Å²) < 4.78 is 5.06. The summed E-state index contributed by atoms with van der Waals surface area (Å²) in [6.45, 7) is 11.7. The molecule has 0 aromatic carbocycles. The van der Waals surface area contributed by atoms with Gasteiger partial charge in [0.15, 0.2) is 0 Å². The quantitative estimate of drug-likeness (QED) is 0.712. The highest BCUT2D eigenvalue weighted by molar-refractivity contribution is 5.76. The molecule has 0 heterocycles. The lowest BCUT2D eigenvalue weighted by Gasteiger charge is -2.19. The first-order valence-electron chi connectivity index (χ1n) is 5.36. The largest absolute Gasteiger partial charge is 0.462 e. The van der Waals surface area contributed by atoms with E-state index in [4.69, 9.17) is 4.74 Å². The van der Waals surface area contributed by atoms with E-state index in [9.17, 15) is 4.79 Å². The van der Waals surface area contributed by atoms with Crippen molar-refractivity contribution in [2.75, 3.05) is 7.05 Å². The van der Waals surface area contributed by atoms with E-state index < -0.39 is 0 Å². The van der Waals surface area contributed by atoms with Gasteiger partial charge in [0.05, 0.1) is 6.10 Å². The van der Waals surface area contributed by atoms with E-state index in [1.54, 1.807) is 7.05 Å². The van der Waals surface area contributed by atoms with Crippen molar-refractivity contribution in [2.24, 2.45) is 5.92 Å². The molecule has 0 fully saturated rings. The third-order valence-corrected chi connectivity index (χ3v) is 1.58. The topological polar surface area (TPSA) is 38.3 Å². The minimum Gasteiger partial charge on any atom is -0.462 e. The van der Waals surface area contributed by atoms with Gasteiger partial charge in [-0.25, -0.2) is 0 Å². The fraction of sp³-hybridized carbons (Fsp3) is 0.909. The van der Waals surface area contributed by atoms with E-state index in [1.165, 1.54) is 0 Å². The summed E-state index contributed by atoms with van der Waals surface area (Å²) in [5.74, 6) is 0.101. The monoisotopic (exact) mass is 203 g/mol. The molecule has 14 heavy (non-hydrogen) atoms. The number of ether oxygens (including phenoxy) is 1. The van der Waals surface area contributed by atoms with Crippen molar-refractivity contribution >= 4 is 5.97 Å². The average molecular weight is 203 g/mol. The first-order chi connectivity index (χ1) is 6.49. The first kappa shape index (κ1) is 15.9. The fourth-order valence-electron chi connectivity index (χ4n) is 1.03. The van der Waals surface area contributed by atoms with Gasteiger partial charge in [0.2, 0.25) is 0 Å². The van der Waals surface area contributed by atoms with Crippen LogP contribution >= 0.6 is 0 Å². The standard InChI is InChI=1S/C9H19NO2.C2H6/c1-6(2)8(10-5)9(11)12-7(3)4;1-2/h6-8,10H,1-5H3;1-2H3. The van der Waals surface area contributed by atoms with Crippen molar-refractivity contribution in [1.82, 2.24) is 5.32 Å². The molecule has 0 spiro atoms. The Bertz CT molecular complexity index is 144. The van der Waals surface area contributed by atoms with Gasteiger partial charge in [-0.2, -0.15) is 0 Å². The van der Waals surface area contributed by atoms with Crippen molar-refractivity contribution in [3.8, 4) is 0 Å². The number of hydrogen-bond acceptors (Lipinski definition) is 3. The summed E-state index contributed by atoms with van der Waals surface area (Å²) >= 11 is 0. The molecule has 0 aromatic rings. The van der Waals surface area contributed by atoms with Crippen molar-refractivity contribution in [1.29, 1.82) is 0 Å². The van der Waals surface area contributed by atoms with Gasteiger partial charge in [0.25, 0.3) is 0 Å². The van der Waals surface area contributed by atoms with Crippen LogP contribution in [0.5, 0.6) is 0 Å². The Balaban J connectivity index is 0. The lowest BCUT2D eigenvalue weighted by Crippen LogP contribution is -2.40. The second-order valence-electron chi connectivity index (χ2n) is 3.50. The predicted molar refractivity (Wildman–Crippen MR) is 60.3 cm³/mol. The molecule has 0 saturated carbocycles. The smallest absolute Gasteiger partial charge is 0.323 e. The highest BCUT2D eigenvalue weighted by atomic mass is 16.5. The molecule has 1 atom stereocenters. The summed E-state index contributed by atoms with van der Waals surface area (Å²) in [7, 11) is 1.77. The van der Waals surface area contributed by atoms with Crippen molar-refractivity contribution in [3.05, 3.63) is 0 Å². The van der Waals surface area contributed by atoms with Crippen LogP contribution in [0.3, 0.4) is 0 Å². The van der Waals surface area contributed by atoms with E-state index in [0.717, 1.165) is 0 Å². The predicted octanol–water partition coefficient (Wildman–Crippen LogP) is 2.21. The molecule has 1 unspecified atom stereocenters. The Morgan fingerprint density at radius 3 is 1.79 bits per heavy atom. The van der Waals surface area contributed by atoms with Gasteiger partial charge >= 0.3 is 5.97 Å². The maximum Gasteiger partial charge on any atom is 0.323 e. The second kappa shape index (κ2) is 9.00.